The Balaban J connectivity index is 1.93. The summed E-state index contributed by atoms with van der Waals surface area (Å²) in [4.78, 5) is 27.1. The predicted octanol–water partition coefficient (Wildman–Crippen LogP) is 4.80. The summed E-state index contributed by atoms with van der Waals surface area (Å²) >= 11 is 6.09. The Bertz CT molecular complexity index is 1080. The number of amides is 2. The summed E-state index contributed by atoms with van der Waals surface area (Å²) in [5, 5.41) is 2.62. The van der Waals surface area contributed by atoms with Crippen molar-refractivity contribution in [1.29, 1.82) is 0 Å². The number of nitrogens with one attached hydrogen (secondary N) is 1. The Hall–Kier alpha value is -3.25. The monoisotopic (exact) mass is 412 g/mol. The lowest BCUT2D eigenvalue weighted by Gasteiger charge is -2.31. The van der Waals surface area contributed by atoms with E-state index >= 15 is 0 Å². The van der Waals surface area contributed by atoms with Crippen LogP contribution >= 0.6 is 11.6 Å². The maximum absolute atomic E-state index is 14.5. The highest BCUT2D eigenvalue weighted by Crippen LogP contribution is 2.37. The van der Waals surface area contributed by atoms with Crippen molar-refractivity contribution in [2.45, 2.75) is 6.04 Å². The third-order valence-corrected chi connectivity index (χ3v) is 5.08. The lowest BCUT2D eigenvalue weighted by molar-refractivity contribution is -0.117. The standard InChI is InChI=1S/C22H15ClF2N2O2/c23-16-7-4-8-17(25)20(16)22(29)27-12-19(28)26-18-10-9-14(24)11-15(18)21(27)13-5-2-1-3-6-13/h1-11,21H,12H2,(H,26,28). The molecule has 1 N–H and O–H groups in total. The molecule has 0 saturated carbocycles. The lowest BCUT2D eigenvalue weighted by Crippen LogP contribution is -2.39. The first-order valence-electron chi connectivity index (χ1n) is 8.85. The Labute approximate surface area is 170 Å². The molecule has 3 aromatic carbocycles. The zero-order chi connectivity index (χ0) is 20.5. The summed E-state index contributed by atoms with van der Waals surface area (Å²) in [6, 6.07) is 15.9. The average molecular weight is 413 g/mol. The number of halogens is 3. The van der Waals surface area contributed by atoms with Crippen LogP contribution in [-0.2, 0) is 4.79 Å². The molecule has 4 rings (SSSR count). The summed E-state index contributed by atoms with van der Waals surface area (Å²) < 4.78 is 28.5. The van der Waals surface area contributed by atoms with Gasteiger partial charge in [-0.05, 0) is 35.9 Å². The first kappa shape index (κ1) is 19.1. The fourth-order valence-electron chi connectivity index (χ4n) is 3.51. The normalized spacial score (nSPS) is 16.0. The average Bonchev–Trinajstić information content (AvgIpc) is 2.84. The summed E-state index contributed by atoms with van der Waals surface area (Å²) in [6.45, 7) is -0.348. The van der Waals surface area contributed by atoms with Crippen molar-refractivity contribution in [1.82, 2.24) is 4.90 Å². The van der Waals surface area contributed by atoms with Crippen LogP contribution in [0.25, 0.3) is 0 Å². The van der Waals surface area contributed by atoms with E-state index in [4.69, 9.17) is 11.6 Å². The Morgan fingerprint density at radius 1 is 1.03 bits per heavy atom. The van der Waals surface area contributed by atoms with E-state index in [0.717, 1.165) is 6.07 Å². The number of nitrogens with zero attached hydrogens (tertiary/aromatic N) is 1. The Morgan fingerprint density at radius 2 is 1.79 bits per heavy atom. The molecule has 7 heteroatoms. The third kappa shape index (κ3) is 3.59. The van der Waals surface area contributed by atoms with Crippen molar-refractivity contribution < 1.29 is 18.4 Å². The maximum Gasteiger partial charge on any atom is 0.259 e. The molecule has 0 spiro atoms. The molecular formula is C22H15ClF2N2O2. The van der Waals surface area contributed by atoms with E-state index in [1.54, 1.807) is 30.3 Å². The molecule has 1 aliphatic rings. The second kappa shape index (κ2) is 7.64. The molecule has 146 valence electrons. The topological polar surface area (TPSA) is 49.4 Å². The van der Waals surface area contributed by atoms with Gasteiger partial charge in [0, 0.05) is 11.3 Å². The van der Waals surface area contributed by atoms with Gasteiger partial charge >= 0.3 is 0 Å². The minimum atomic E-state index is -0.816. The van der Waals surface area contributed by atoms with Crippen molar-refractivity contribution in [3.8, 4) is 0 Å². The highest BCUT2D eigenvalue weighted by molar-refractivity contribution is 6.34. The van der Waals surface area contributed by atoms with E-state index in [1.165, 1.54) is 35.2 Å². The number of carbonyl (C=O) groups excluding carboxylic acids is 2. The van der Waals surface area contributed by atoms with Gasteiger partial charge < -0.3 is 10.2 Å². The number of fused-ring (bicyclic) bond motifs is 1. The van der Waals surface area contributed by atoms with Gasteiger partial charge in [-0.25, -0.2) is 8.78 Å². The quantitative estimate of drug-likeness (QED) is 0.657. The minimum absolute atomic E-state index is 0.0640. The molecule has 0 radical (unpaired) electrons. The molecule has 4 nitrogen and oxygen atoms in total. The summed E-state index contributed by atoms with van der Waals surface area (Å²) in [5.74, 6) is -2.54. The van der Waals surface area contributed by atoms with Crippen molar-refractivity contribution in [2.75, 3.05) is 11.9 Å². The van der Waals surface area contributed by atoms with Crippen molar-refractivity contribution in [3.05, 3.63) is 100 Å². The molecule has 1 atom stereocenters. The lowest BCUT2D eigenvalue weighted by atomic mass is 9.95. The van der Waals surface area contributed by atoms with Crippen LogP contribution in [0.4, 0.5) is 14.5 Å². The molecule has 3 aromatic rings. The highest BCUT2D eigenvalue weighted by atomic mass is 35.5. The van der Waals surface area contributed by atoms with Gasteiger partial charge in [0.05, 0.1) is 16.6 Å². The molecule has 1 unspecified atom stereocenters. The van der Waals surface area contributed by atoms with Gasteiger partial charge in [-0.2, -0.15) is 0 Å². The molecule has 1 heterocycles. The van der Waals surface area contributed by atoms with Crippen LogP contribution in [0.15, 0.2) is 66.7 Å². The second-order valence-corrected chi connectivity index (χ2v) is 7.03. The largest absolute Gasteiger partial charge is 0.324 e. The molecule has 2 amide bonds. The number of anilines is 1. The molecule has 0 aromatic heterocycles. The molecular weight excluding hydrogens is 398 g/mol. The van der Waals surface area contributed by atoms with Crippen LogP contribution < -0.4 is 5.32 Å². The smallest absolute Gasteiger partial charge is 0.259 e. The zero-order valence-electron chi connectivity index (χ0n) is 15.0. The van der Waals surface area contributed by atoms with E-state index in [-0.39, 0.29) is 17.1 Å². The van der Waals surface area contributed by atoms with E-state index < -0.39 is 29.5 Å². The molecule has 1 aliphatic heterocycles. The number of rotatable bonds is 2. The van der Waals surface area contributed by atoms with Gasteiger partial charge in [0.1, 0.15) is 18.2 Å². The number of carbonyl (C=O) groups is 2. The predicted molar refractivity (Wildman–Crippen MR) is 106 cm³/mol. The van der Waals surface area contributed by atoms with Crippen molar-refractivity contribution in [3.63, 3.8) is 0 Å². The molecule has 0 aliphatic carbocycles. The summed E-state index contributed by atoms with van der Waals surface area (Å²) in [5.41, 5.74) is 1.10. The van der Waals surface area contributed by atoms with Crippen LogP contribution in [0.2, 0.25) is 5.02 Å². The fourth-order valence-corrected chi connectivity index (χ4v) is 3.75. The Kier molecular flexibility index (Phi) is 5.03. The van der Waals surface area contributed by atoms with E-state index in [0.29, 0.717) is 16.8 Å². The SMILES string of the molecule is O=C1CN(C(=O)c2c(F)cccc2Cl)C(c2ccccc2)c2cc(F)ccc2N1. The van der Waals surface area contributed by atoms with Crippen LogP contribution in [0.5, 0.6) is 0 Å². The van der Waals surface area contributed by atoms with Crippen LogP contribution in [0.3, 0.4) is 0 Å². The number of hydrogen-bond donors (Lipinski definition) is 1. The zero-order valence-corrected chi connectivity index (χ0v) is 15.8. The van der Waals surface area contributed by atoms with Crippen molar-refractivity contribution in [2.24, 2.45) is 0 Å². The van der Waals surface area contributed by atoms with Crippen LogP contribution in [0.1, 0.15) is 27.5 Å². The van der Waals surface area contributed by atoms with Gasteiger partial charge in [-0.15, -0.1) is 0 Å². The van der Waals surface area contributed by atoms with Gasteiger partial charge in [-0.1, -0.05) is 48.0 Å². The van der Waals surface area contributed by atoms with E-state index in [2.05, 4.69) is 5.32 Å². The van der Waals surface area contributed by atoms with Gasteiger partial charge in [0.15, 0.2) is 0 Å². The van der Waals surface area contributed by atoms with Gasteiger partial charge in [-0.3, -0.25) is 9.59 Å². The second-order valence-electron chi connectivity index (χ2n) is 6.62. The fraction of sp³-hybridized carbons (Fsp3) is 0.0909. The van der Waals surface area contributed by atoms with Crippen LogP contribution in [0, 0.1) is 11.6 Å². The minimum Gasteiger partial charge on any atom is -0.324 e. The molecule has 29 heavy (non-hydrogen) atoms. The highest BCUT2D eigenvalue weighted by Gasteiger charge is 2.35. The van der Waals surface area contributed by atoms with Gasteiger partial charge in [0.2, 0.25) is 5.91 Å². The number of hydrogen-bond acceptors (Lipinski definition) is 2. The van der Waals surface area contributed by atoms with Crippen LogP contribution in [-0.4, -0.2) is 23.3 Å². The van der Waals surface area contributed by atoms with Crippen molar-refractivity contribution >= 4 is 29.1 Å². The molecule has 0 saturated heterocycles. The molecule has 0 fully saturated rings. The maximum atomic E-state index is 14.5. The summed E-state index contributed by atoms with van der Waals surface area (Å²) in [7, 11) is 0. The number of benzene rings is 3. The summed E-state index contributed by atoms with van der Waals surface area (Å²) in [6.07, 6.45) is 0. The third-order valence-electron chi connectivity index (χ3n) is 4.76. The first-order chi connectivity index (χ1) is 14.0. The molecule has 0 bridgehead atoms. The Morgan fingerprint density at radius 3 is 2.52 bits per heavy atom. The van der Waals surface area contributed by atoms with E-state index in [9.17, 15) is 18.4 Å². The van der Waals surface area contributed by atoms with E-state index in [1.807, 2.05) is 0 Å². The van der Waals surface area contributed by atoms with Gasteiger partial charge in [0.25, 0.3) is 5.91 Å². The first-order valence-corrected chi connectivity index (χ1v) is 9.22.